The van der Waals surface area contributed by atoms with Crippen molar-refractivity contribution in [1.29, 1.82) is 0 Å². The molecule has 0 N–H and O–H groups in total. The minimum absolute atomic E-state index is 0.0257. The second-order valence-electron chi connectivity index (χ2n) is 4.34. The summed E-state index contributed by atoms with van der Waals surface area (Å²) in [6.07, 6.45) is 1.01. The van der Waals surface area contributed by atoms with Crippen molar-refractivity contribution in [3.8, 4) is 0 Å². The third-order valence-corrected chi connectivity index (χ3v) is 5.55. The molecule has 0 aromatic carbocycles. The third-order valence-electron chi connectivity index (χ3n) is 2.85. The Morgan fingerprint density at radius 1 is 1.56 bits per heavy atom. The minimum Gasteiger partial charge on any atom is -0.294 e. The lowest BCUT2D eigenvalue weighted by Crippen LogP contribution is -2.10. The maximum atomic E-state index is 11.8. The molecule has 1 aromatic heterocycles. The summed E-state index contributed by atoms with van der Waals surface area (Å²) in [6, 6.07) is 1.87. The molecular weight excluding hydrogens is 244 g/mol. The van der Waals surface area contributed by atoms with Gasteiger partial charge >= 0.3 is 0 Å². The molecule has 0 aliphatic carbocycles. The fourth-order valence-electron chi connectivity index (χ4n) is 2.00. The van der Waals surface area contributed by atoms with Crippen LogP contribution in [0.3, 0.4) is 0 Å². The summed E-state index contributed by atoms with van der Waals surface area (Å²) in [5, 5.41) is 1.85. The van der Waals surface area contributed by atoms with Crippen LogP contribution < -0.4 is 0 Å². The van der Waals surface area contributed by atoms with E-state index in [1.807, 2.05) is 18.4 Å². The number of carbonyl (C=O) groups excluding carboxylic acids is 1. The van der Waals surface area contributed by atoms with Gasteiger partial charge in [0.25, 0.3) is 0 Å². The van der Waals surface area contributed by atoms with E-state index in [-0.39, 0.29) is 23.2 Å². The Labute approximate surface area is 99.4 Å². The molecule has 1 aliphatic rings. The monoisotopic (exact) mass is 258 g/mol. The number of hydrogen-bond acceptors (Lipinski definition) is 4. The van der Waals surface area contributed by atoms with E-state index in [0.29, 0.717) is 12.8 Å². The van der Waals surface area contributed by atoms with Gasteiger partial charge in [0.1, 0.15) is 0 Å². The maximum absolute atomic E-state index is 11.8. The molecule has 1 saturated heterocycles. The Morgan fingerprint density at radius 2 is 2.31 bits per heavy atom. The lowest BCUT2D eigenvalue weighted by molar-refractivity contribution is 0.0966. The van der Waals surface area contributed by atoms with Gasteiger partial charge in [-0.2, -0.15) is 0 Å². The average Bonchev–Trinajstić information content (AvgIpc) is 2.73. The van der Waals surface area contributed by atoms with Gasteiger partial charge < -0.3 is 0 Å². The first-order chi connectivity index (χ1) is 7.46. The Hall–Kier alpha value is -0.680. The van der Waals surface area contributed by atoms with E-state index in [2.05, 4.69) is 0 Å². The summed E-state index contributed by atoms with van der Waals surface area (Å²) >= 11 is 1.55. The van der Waals surface area contributed by atoms with Gasteiger partial charge in [0.2, 0.25) is 0 Å². The van der Waals surface area contributed by atoms with Gasteiger partial charge in [0.15, 0.2) is 15.6 Å². The van der Waals surface area contributed by atoms with Gasteiger partial charge in [0, 0.05) is 22.2 Å². The van der Waals surface area contributed by atoms with E-state index in [9.17, 15) is 13.2 Å². The zero-order valence-electron chi connectivity index (χ0n) is 9.10. The van der Waals surface area contributed by atoms with Gasteiger partial charge in [0.05, 0.1) is 11.5 Å². The largest absolute Gasteiger partial charge is 0.294 e. The van der Waals surface area contributed by atoms with Crippen LogP contribution in [-0.2, 0) is 9.84 Å². The number of hydrogen-bond donors (Lipinski definition) is 0. The third kappa shape index (κ3) is 2.71. The number of aryl methyl sites for hydroxylation is 1. The summed E-state index contributed by atoms with van der Waals surface area (Å²) in [6.45, 7) is 1.96. The topological polar surface area (TPSA) is 51.2 Å². The number of thiophene rings is 1. The van der Waals surface area contributed by atoms with E-state index in [4.69, 9.17) is 0 Å². The molecule has 16 heavy (non-hydrogen) atoms. The van der Waals surface area contributed by atoms with Crippen molar-refractivity contribution in [2.24, 2.45) is 5.92 Å². The molecule has 0 amide bonds. The molecule has 2 rings (SSSR count). The van der Waals surface area contributed by atoms with E-state index in [0.717, 1.165) is 10.4 Å². The molecule has 3 nitrogen and oxygen atoms in total. The van der Waals surface area contributed by atoms with Crippen LogP contribution >= 0.6 is 11.3 Å². The van der Waals surface area contributed by atoms with Gasteiger partial charge in [-0.1, -0.05) is 0 Å². The van der Waals surface area contributed by atoms with Gasteiger partial charge in [-0.15, -0.1) is 11.3 Å². The number of rotatable bonds is 3. The van der Waals surface area contributed by atoms with Crippen LogP contribution in [0, 0.1) is 12.8 Å². The zero-order chi connectivity index (χ0) is 11.8. The van der Waals surface area contributed by atoms with E-state index < -0.39 is 9.84 Å². The molecule has 1 aliphatic heterocycles. The van der Waals surface area contributed by atoms with Crippen LogP contribution in [0.4, 0.5) is 0 Å². The molecule has 0 saturated carbocycles. The SMILES string of the molecule is Cc1cc(C(=O)CC2CCS(=O)(=O)C2)cs1. The molecule has 2 heterocycles. The predicted octanol–water partition coefficient (Wildman–Crippen LogP) is 2.06. The molecule has 88 valence electrons. The zero-order valence-corrected chi connectivity index (χ0v) is 10.7. The van der Waals surface area contributed by atoms with Crippen LogP contribution in [0.1, 0.15) is 28.1 Å². The highest BCUT2D eigenvalue weighted by Gasteiger charge is 2.29. The van der Waals surface area contributed by atoms with Crippen LogP contribution in [-0.4, -0.2) is 25.7 Å². The standard InChI is InChI=1S/C11H14O3S2/c1-8-4-10(6-15-8)11(12)5-9-2-3-16(13,14)7-9/h4,6,9H,2-3,5,7H2,1H3. The number of carbonyl (C=O) groups is 1. The van der Waals surface area contributed by atoms with Crippen molar-refractivity contribution in [3.63, 3.8) is 0 Å². The number of sulfone groups is 1. The summed E-state index contributed by atoms with van der Waals surface area (Å²) in [7, 11) is -2.87. The summed E-state index contributed by atoms with van der Waals surface area (Å²) in [4.78, 5) is 13.0. The van der Waals surface area contributed by atoms with Crippen molar-refractivity contribution in [2.45, 2.75) is 19.8 Å². The Balaban J connectivity index is 1.99. The normalized spacial score (nSPS) is 23.4. The Bertz CT molecular complexity index is 499. The molecule has 1 unspecified atom stereocenters. The van der Waals surface area contributed by atoms with E-state index in [1.54, 1.807) is 11.3 Å². The van der Waals surface area contributed by atoms with E-state index >= 15 is 0 Å². The van der Waals surface area contributed by atoms with Gasteiger partial charge in [-0.05, 0) is 25.3 Å². The molecule has 1 atom stereocenters. The predicted molar refractivity (Wildman–Crippen MR) is 64.8 cm³/mol. The lowest BCUT2D eigenvalue weighted by atomic mass is 9.99. The maximum Gasteiger partial charge on any atom is 0.164 e. The first kappa shape index (κ1) is 11.8. The van der Waals surface area contributed by atoms with Crippen LogP contribution in [0.2, 0.25) is 0 Å². The van der Waals surface area contributed by atoms with Crippen LogP contribution in [0.15, 0.2) is 11.4 Å². The molecule has 1 aromatic rings. The van der Waals surface area contributed by atoms with Gasteiger partial charge in [-0.25, -0.2) is 8.42 Å². The minimum atomic E-state index is -2.87. The van der Waals surface area contributed by atoms with E-state index in [1.165, 1.54) is 0 Å². The molecule has 0 spiro atoms. The smallest absolute Gasteiger partial charge is 0.164 e. The quantitative estimate of drug-likeness (QED) is 0.780. The van der Waals surface area contributed by atoms with Crippen molar-refractivity contribution >= 4 is 27.0 Å². The molecule has 5 heteroatoms. The molecular formula is C11H14O3S2. The lowest BCUT2D eigenvalue weighted by Gasteiger charge is -2.04. The highest BCUT2D eigenvalue weighted by atomic mass is 32.2. The fourth-order valence-corrected chi connectivity index (χ4v) is 4.57. The molecule has 1 fully saturated rings. The van der Waals surface area contributed by atoms with Crippen molar-refractivity contribution in [2.75, 3.05) is 11.5 Å². The van der Waals surface area contributed by atoms with Crippen molar-refractivity contribution in [3.05, 3.63) is 21.9 Å². The highest BCUT2D eigenvalue weighted by Crippen LogP contribution is 2.24. The van der Waals surface area contributed by atoms with Crippen molar-refractivity contribution < 1.29 is 13.2 Å². The number of ketones is 1. The second kappa shape index (κ2) is 4.30. The first-order valence-corrected chi connectivity index (χ1v) is 7.95. The first-order valence-electron chi connectivity index (χ1n) is 5.25. The Kier molecular flexibility index (Phi) is 3.17. The summed E-state index contributed by atoms with van der Waals surface area (Å²) in [5.74, 6) is 0.527. The number of Topliss-reactive ketones (excluding diaryl/α,β-unsaturated/α-hetero) is 1. The molecule has 0 bridgehead atoms. The summed E-state index contributed by atoms with van der Waals surface area (Å²) < 4.78 is 22.5. The fraction of sp³-hybridized carbons (Fsp3) is 0.545. The summed E-state index contributed by atoms with van der Waals surface area (Å²) in [5.41, 5.74) is 0.729. The van der Waals surface area contributed by atoms with Gasteiger partial charge in [-0.3, -0.25) is 4.79 Å². The van der Waals surface area contributed by atoms with Crippen molar-refractivity contribution in [1.82, 2.24) is 0 Å². The Morgan fingerprint density at radius 3 is 2.81 bits per heavy atom. The van der Waals surface area contributed by atoms with Crippen LogP contribution in [0.25, 0.3) is 0 Å². The molecule has 0 radical (unpaired) electrons. The highest BCUT2D eigenvalue weighted by molar-refractivity contribution is 7.91. The van der Waals surface area contributed by atoms with Crippen LogP contribution in [0.5, 0.6) is 0 Å². The average molecular weight is 258 g/mol. The second-order valence-corrected chi connectivity index (χ2v) is 7.69.